The van der Waals surface area contributed by atoms with Gasteiger partial charge in [0, 0.05) is 24.4 Å². The van der Waals surface area contributed by atoms with Crippen LogP contribution < -0.4 is 0 Å². The van der Waals surface area contributed by atoms with E-state index in [1.807, 2.05) is 12.3 Å². The van der Waals surface area contributed by atoms with Crippen molar-refractivity contribution in [2.24, 2.45) is 0 Å². The molecular formula is C11H12ClN3O. The zero-order chi connectivity index (χ0) is 11.0. The summed E-state index contributed by atoms with van der Waals surface area (Å²) < 4.78 is 7.69. The number of hydrogen-bond donors (Lipinski definition) is 0. The molecule has 0 N–H and O–H groups in total. The maximum absolute atomic E-state index is 5.80. The normalized spacial score (nSPS) is 20.7. The van der Waals surface area contributed by atoms with Crippen LogP contribution in [0, 0.1) is 0 Å². The zero-order valence-corrected chi connectivity index (χ0v) is 9.52. The predicted octanol–water partition coefficient (Wildman–Crippen LogP) is 2.26. The smallest absolute Gasteiger partial charge is 0.224 e. The van der Waals surface area contributed by atoms with E-state index in [1.54, 1.807) is 6.20 Å². The molecule has 0 aromatic carbocycles. The third kappa shape index (κ3) is 1.79. The third-order valence-electron chi connectivity index (χ3n) is 2.90. The van der Waals surface area contributed by atoms with Gasteiger partial charge in [-0.3, -0.25) is 0 Å². The van der Waals surface area contributed by atoms with Crippen LogP contribution in [0.25, 0.3) is 11.0 Å². The summed E-state index contributed by atoms with van der Waals surface area (Å²) in [5, 5.41) is 1.31. The maximum atomic E-state index is 5.80. The fourth-order valence-corrected chi connectivity index (χ4v) is 2.23. The molecule has 1 aliphatic rings. The van der Waals surface area contributed by atoms with Crippen LogP contribution in [0.3, 0.4) is 0 Å². The van der Waals surface area contributed by atoms with Crippen molar-refractivity contribution >= 4 is 22.6 Å². The zero-order valence-electron chi connectivity index (χ0n) is 8.77. The van der Waals surface area contributed by atoms with Crippen molar-refractivity contribution in [3.05, 3.63) is 23.7 Å². The van der Waals surface area contributed by atoms with Gasteiger partial charge in [-0.25, -0.2) is 4.98 Å². The average molecular weight is 238 g/mol. The number of nitrogens with zero attached hydrogens (tertiary/aromatic N) is 3. The van der Waals surface area contributed by atoms with Gasteiger partial charge in [-0.1, -0.05) is 0 Å². The Labute approximate surface area is 98.2 Å². The van der Waals surface area contributed by atoms with Crippen LogP contribution in [-0.4, -0.2) is 27.2 Å². The number of aromatic nitrogens is 3. The largest absolute Gasteiger partial charge is 0.376 e. The minimum Gasteiger partial charge on any atom is -0.376 e. The molecule has 5 heteroatoms. The molecule has 1 atom stereocenters. The summed E-state index contributed by atoms with van der Waals surface area (Å²) in [6, 6.07) is 2.00. The summed E-state index contributed by atoms with van der Waals surface area (Å²) in [6.07, 6.45) is 6.34. The van der Waals surface area contributed by atoms with E-state index in [-0.39, 0.29) is 0 Å². The Morgan fingerprint density at radius 1 is 1.56 bits per heavy atom. The molecule has 3 heterocycles. The molecule has 1 fully saturated rings. The molecule has 4 nitrogen and oxygen atoms in total. The second-order valence-electron chi connectivity index (χ2n) is 4.02. The second-order valence-corrected chi connectivity index (χ2v) is 4.36. The van der Waals surface area contributed by atoms with Gasteiger partial charge in [-0.05, 0) is 30.5 Å². The van der Waals surface area contributed by atoms with E-state index in [0.717, 1.165) is 37.0 Å². The van der Waals surface area contributed by atoms with Crippen LogP contribution in [-0.2, 0) is 11.3 Å². The van der Waals surface area contributed by atoms with Crippen molar-refractivity contribution in [2.75, 3.05) is 6.61 Å². The topological polar surface area (TPSA) is 39.9 Å². The highest BCUT2D eigenvalue weighted by atomic mass is 35.5. The van der Waals surface area contributed by atoms with E-state index in [2.05, 4.69) is 14.5 Å². The van der Waals surface area contributed by atoms with Gasteiger partial charge in [-0.15, -0.1) is 0 Å². The first kappa shape index (κ1) is 10.1. The molecular weight excluding hydrogens is 226 g/mol. The second kappa shape index (κ2) is 4.03. The lowest BCUT2D eigenvalue weighted by Crippen LogP contribution is -2.14. The molecule has 2 aromatic heterocycles. The summed E-state index contributed by atoms with van der Waals surface area (Å²) in [4.78, 5) is 8.20. The predicted molar refractivity (Wildman–Crippen MR) is 61.5 cm³/mol. The van der Waals surface area contributed by atoms with Crippen molar-refractivity contribution in [1.82, 2.24) is 14.5 Å². The first-order chi connectivity index (χ1) is 7.83. The Hall–Kier alpha value is -1.13. The highest BCUT2D eigenvalue weighted by molar-refractivity contribution is 6.28. The monoisotopic (exact) mass is 237 g/mol. The van der Waals surface area contributed by atoms with Gasteiger partial charge >= 0.3 is 0 Å². The Bertz CT molecular complexity index is 505. The van der Waals surface area contributed by atoms with Gasteiger partial charge < -0.3 is 9.30 Å². The number of halogens is 1. The molecule has 0 spiro atoms. The van der Waals surface area contributed by atoms with Crippen molar-refractivity contribution in [3.8, 4) is 0 Å². The van der Waals surface area contributed by atoms with E-state index in [1.165, 1.54) is 0 Å². The average Bonchev–Trinajstić information content (AvgIpc) is 2.90. The van der Waals surface area contributed by atoms with Crippen LogP contribution in [0.15, 0.2) is 18.5 Å². The van der Waals surface area contributed by atoms with Crippen molar-refractivity contribution in [3.63, 3.8) is 0 Å². The molecule has 0 radical (unpaired) electrons. The number of rotatable bonds is 2. The van der Waals surface area contributed by atoms with E-state index in [4.69, 9.17) is 16.3 Å². The van der Waals surface area contributed by atoms with Gasteiger partial charge in [0.05, 0.1) is 12.6 Å². The summed E-state index contributed by atoms with van der Waals surface area (Å²) >= 11 is 5.80. The first-order valence-electron chi connectivity index (χ1n) is 5.42. The van der Waals surface area contributed by atoms with Crippen molar-refractivity contribution in [2.45, 2.75) is 25.5 Å². The Balaban J connectivity index is 1.93. The number of ether oxygens (including phenoxy) is 1. The first-order valence-corrected chi connectivity index (χ1v) is 5.80. The van der Waals surface area contributed by atoms with Gasteiger partial charge in [0.25, 0.3) is 0 Å². The summed E-state index contributed by atoms with van der Waals surface area (Å²) in [7, 11) is 0. The molecule has 1 aliphatic heterocycles. The molecule has 0 saturated carbocycles. The molecule has 16 heavy (non-hydrogen) atoms. The minimum atomic E-state index is 0.291. The molecule has 0 unspecified atom stereocenters. The molecule has 84 valence electrons. The van der Waals surface area contributed by atoms with Crippen LogP contribution in [0.2, 0.25) is 5.28 Å². The van der Waals surface area contributed by atoms with Crippen LogP contribution in [0.1, 0.15) is 12.8 Å². The van der Waals surface area contributed by atoms with Crippen LogP contribution in [0.4, 0.5) is 0 Å². The van der Waals surface area contributed by atoms with E-state index in [0.29, 0.717) is 11.4 Å². The van der Waals surface area contributed by atoms with Crippen LogP contribution >= 0.6 is 11.6 Å². The fraction of sp³-hybridized carbons (Fsp3) is 0.455. The van der Waals surface area contributed by atoms with Crippen molar-refractivity contribution < 1.29 is 4.74 Å². The molecule has 3 rings (SSSR count). The highest BCUT2D eigenvalue weighted by Crippen LogP contribution is 2.19. The molecule has 1 saturated heterocycles. The lowest BCUT2D eigenvalue weighted by molar-refractivity contribution is 0.0979. The van der Waals surface area contributed by atoms with E-state index in [9.17, 15) is 0 Å². The lowest BCUT2D eigenvalue weighted by atomic mass is 10.2. The summed E-state index contributed by atoms with van der Waals surface area (Å²) in [6.45, 7) is 1.72. The summed E-state index contributed by atoms with van der Waals surface area (Å²) in [5.41, 5.74) is 0.885. The Morgan fingerprint density at radius 2 is 2.50 bits per heavy atom. The molecule has 0 bridgehead atoms. The van der Waals surface area contributed by atoms with Crippen LogP contribution in [0.5, 0.6) is 0 Å². The SMILES string of the molecule is Clc1ncc2ccn(C[C@H]3CCCO3)c2n1. The molecule has 0 amide bonds. The minimum absolute atomic E-state index is 0.291. The van der Waals surface area contributed by atoms with Gasteiger partial charge in [0.15, 0.2) is 0 Å². The lowest BCUT2D eigenvalue weighted by Gasteiger charge is -2.10. The third-order valence-corrected chi connectivity index (χ3v) is 3.08. The van der Waals surface area contributed by atoms with Gasteiger partial charge in [0.1, 0.15) is 5.65 Å². The number of hydrogen-bond acceptors (Lipinski definition) is 3. The standard InChI is InChI=1S/C11H12ClN3O/c12-11-13-6-8-3-4-15(10(8)14-11)7-9-2-1-5-16-9/h3-4,6,9H,1-2,5,7H2/t9-/m1/s1. The maximum Gasteiger partial charge on any atom is 0.224 e. The Kier molecular flexibility index (Phi) is 2.53. The van der Waals surface area contributed by atoms with Gasteiger partial charge in [0.2, 0.25) is 5.28 Å². The van der Waals surface area contributed by atoms with Crippen molar-refractivity contribution in [1.29, 1.82) is 0 Å². The van der Waals surface area contributed by atoms with E-state index < -0.39 is 0 Å². The van der Waals surface area contributed by atoms with E-state index >= 15 is 0 Å². The highest BCUT2D eigenvalue weighted by Gasteiger charge is 2.17. The quantitative estimate of drug-likeness (QED) is 0.753. The van der Waals surface area contributed by atoms with Gasteiger partial charge in [-0.2, -0.15) is 4.98 Å². The number of fused-ring (bicyclic) bond motifs is 1. The molecule has 0 aliphatic carbocycles. The fourth-order valence-electron chi connectivity index (χ4n) is 2.10. The Morgan fingerprint density at radius 3 is 3.31 bits per heavy atom. The summed E-state index contributed by atoms with van der Waals surface area (Å²) in [5.74, 6) is 0. The molecule has 2 aromatic rings.